The third-order valence-electron chi connectivity index (χ3n) is 2.58. The van der Waals surface area contributed by atoms with Crippen molar-refractivity contribution in [2.24, 2.45) is 5.92 Å². The Morgan fingerprint density at radius 2 is 2.18 bits per heavy atom. The number of ether oxygens (including phenoxy) is 1. The fourth-order valence-corrected chi connectivity index (χ4v) is 1.59. The highest BCUT2D eigenvalue weighted by atomic mass is 19.1. The van der Waals surface area contributed by atoms with E-state index in [-0.39, 0.29) is 5.82 Å². The average Bonchev–Trinajstić information content (AvgIpc) is 2.28. The maximum absolute atomic E-state index is 12.9. The molecule has 1 aromatic carbocycles. The molecule has 3 heteroatoms. The topological polar surface area (TPSA) is 21.3 Å². The van der Waals surface area contributed by atoms with Crippen LogP contribution < -0.4 is 10.1 Å². The maximum Gasteiger partial charge on any atom is 0.123 e. The SMILES string of the molecule is CCCNCC(C)COc1ccc(F)cc1C. The molecule has 0 spiro atoms. The van der Waals surface area contributed by atoms with Crippen molar-refractivity contribution in [3.63, 3.8) is 0 Å². The van der Waals surface area contributed by atoms with Gasteiger partial charge in [0.1, 0.15) is 11.6 Å². The molecule has 0 aliphatic carbocycles. The molecule has 0 heterocycles. The molecule has 1 N–H and O–H groups in total. The van der Waals surface area contributed by atoms with Crippen molar-refractivity contribution >= 4 is 0 Å². The summed E-state index contributed by atoms with van der Waals surface area (Å²) in [5.41, 5.74) is 0.846. The Bertz CT molecular complexity index is 341. The van der Waals surface area contributed by atoms with E-state index in [9.17, 15) is 4.39 Å². The second kappa shape index (κ2) is 7.28. The van der Waals surface area contributed by atoms with Gasteiger partial charge in [0.15, 0.2) is 0 Å². The molecule has 0 aromatic heterocycles. The number of halogens is 1. The molecule has 1 unspecified atom stereocenters. The van der Waals surface area contributed by atoms with Crippen LogP contribution in [0.1, 0.15) is 25.8 Å². The number of aryl methyl sites for hydroxylation is 1. The minimum absolute atomic E-state index is 0.215. The van der Waals surface area contributed by atoms with Crippen molar-refractivity contribution in [1.29, 1.82) is 0 Å². The van der Waals surface area contributed by atoms with Crippen LogP contribution in [0.4, 0.5) is 4.39 Å². The highest BCUT2D eigenvalue weighted by Gasteiger charge is 2.05. The molecule has 0 radical (unpaired) electrons. The Balaban J connectivity index is 2.34. The van der Waals surface area contributed by atoms with Gasteiger partial charge in [0.05, 0.1) is 6.61 Å². The van der Waals surface area contributed by atoms with E-state index >= 15 is 0 Å². The summed E-state index contributed by atoms with van der Waals surface area (Å²) in [7, 11) is 0. The first-order valence-corrected chi connectivity index (χ1v) is 6.23. The molecule has 1 rings (SSSR count). The summed E-state index contributed by atoms with van der Waals surface area (Å²) >= 11 is 0. The van der Waals surface area contributed by atoms with E-state index in [1.165, 1.54) is 12.1 Å². The number of nitrogens with one attached hydrogen (secondary N) is 1. The first-order valence-electron chi connectivity index (χ1n) is 6.23. The molecule has 1 aromatic rings. The van der Waals surface area contributed by atoms with Gasteiger partial charge < -0.3 is 10.1 Å². The summed E-state index contributed by atoms with van der Waals surface area (Å²) in [4.78, 5) is 0. The summed E-state index contributed by atoms with van der Waals surface area (Å²) in [6.45, 7) is 8.80. The minimum Gasteiger partial charge on any atom is -0.493 e. The van der Waals surface area contributed by atoms with Gasteiger partial charge in [-0.15, -0.1) is 0 Å². The lowest BCUT2D eigenvalue weighted by molar-refractivity contribution is 0.254. The van der Waals surface area contributed by atoms with Crippen LogP contribution in [0.15, 0.2) is 18.2 Å². The lowest BCUT2D eigenvalue weighted by Crippen LogP contribution is -2.25. The predicted molar refractivity (Wildman–Crippen MR) is 69.0 cm³/mol. The van der Waals surface area contributed by atoms with Crippen LogP contribution in [0.2, 0.25) is 0 Å². The molecule has 96 valence electrons. The molecule has 2 nitrogen and oxygen atoms in total. The average molecular weight is 239 g/mol. The van der Waals surface area contributed by atoms with E-state index in [1.807, 2.05) is 6.92 Å². The smallest absolute Gasteiger partial charge is 0.123 e. The second-order valence-corrected chi connectivity index (χ2v) is 4.53. The largest absolute Gasteiger partial charge is 0.493 e. The van der Waals surface area contributed by atoms with Crippen molar-refractivity contribution in [1.82, 2.24) is 5.32 Å². The predicted octanol–water partition coefficient (Wildman–Crippen LogP) is 3.15. The molecule has 0 saturated carbocycles. The van der Waals surface area contributed by atoms with Gasteiger partial charge in [0.2, 0.25) is 0 Å². The lowest BCUT2D eigenvalue weighted by Gasteiger charge is -2.15. The number of rotatable bonds is 7. The number of benzene rings is 1. The van der Waals surface area contributed by atoms with Crippen molar-refractivity contribution in [2.75, 3.05) is 19.7 Å². The van der Waals surface area contributed by atoms with E-state index in [1.54, 1.807) is 6.07 Å². The summed E-state index contributed by atoms with van der Waals surface area (Å²) in [5, 5.41) is 3.35. The second-order valence-electron chi connectivity index (χ2n) is 4.53. The van der Waals surface area contributed by atoms with Gasteiger partial charge >= 0.3 is 0 Å². The Morgan fingerprint density at radius 3 is 2.82 bits per heavy atom. The third kappa shape index (κ3) is 5.18. The standard InChI is InChI=1S/C14H22FNO/c1-4-7-16-9-11(2)10-17-14-6-5-13(15)8-12(14)3/h5-6,8,11,16H,4,7,9-10H2,1-3H3. The molecule has 0 aliphatic rings. The Labute approximate surface area is 103 Å². The highest BCUT2D eigenvalue weighted by Crippen LogP contribution is 2.18. The monoisotopic (exact) mass is 239 g/mol. The lowest BCUT2D eigenvalue weighted by atomic mass is 10.2. The van der Waals surface area contributed by atoms with Crippen molar-refractivity contribution in [2.45, 2.75) is 27.2 Å². The van der Waals surface area contributed by atoms with E-state index in [0.29, 0.717) is 12.5 Å². The van der Waals surface area contributed by atoms with Gasteiger partial charge in [0.25, 0.3) is 0 Å². The molecular formula is C14H22FNO. The van der Waals surface area contributed by atoms with Crippen LogP contribution in [0.5, 0.6) is 5.75 Å². The summed E-state index contributed by atoms with van der Waals surface area (Å²) in [5.74, 6) is 1.01. The van der Waals surface area contributed by atoms with Crippen LogP contribution in [-0.4, -0.2) is 19.7 Å². The fraction of sp³-hybridized carbons (Fsp3) is 0.571. The summed E-state index contributed by atoms with van der Waals surface area (Å²) < 4.78 is 18.6. The Kier molecular flexibility index (Phi) is 5.98. The van der Waals surface area contributed by atoms with Gasteiger partial charge in [-0.2, -0.15) is 0 Å². The molecule has 0 amide bonds. The zero-order valence-corrected chi connectivity index (χ0v) is 10.9. The minimum atomic E-state index is -0.215. The number of hydrogen-bond acceptors (Lipinski definition) is 2. The quantitative estimate of drug-likeness (QED) is 0.738. The normalized spacial score (nSPS) is 12.5. The molecule has 0 saturated heterocycles. The van der Waals surface area contributed by atoms with Crippen LogP contribution in [0, 0.1) is 18.7 Å². The third-order valence-corrected chi connectivity index (χ3v) is 2.58. The van der Waals surface area contributed by atoms with Gasteiger partial charge in [-0.05, 0) is 43.7 Å². The van der Waals surface area contributed by atoms with Crippen LogP contribution >= 0.6 is 0 Å². The number of hydrogen-bond donors (Lipinski definition) is 1. The fourth-order valence-electron chi connectivity index (χ4n) is 1.59. The van der Waals surface area contributed by atoms with E-state index in [0.717, 1.165) is 30.8 Å². The maximum atomic E-state index is 12.9. The van der Waals surface area contributed by atoms with Crippen molar-refractivity contribution in [3.05, 3.63) is 29.6 Å². The van der Waals surface area contributed by atoms with Crippen molar-refractivity contribution < 1.29 is 9.13 Å². The van der Waals surface area contributed by atoms with E-state index in [4.69, 9.17) is 4.74 Å². The van der Waals surface area contributed by atoms with E-state index < -0.39 is 0 Å². The molecule has 0 fully saturated rings. The van der Waals surface area contributed by atoms with Gasteiger partial charge in [-0.3, -0.25) is 0 Å². The Morgan fingerprint density at radius 1 is 1.41 bits per heavy atom. The zero-order chi connectivity index (χ0) is 12.7. The van der Waals surface area contributed by atoms with Crippen molar-refractivity contribution in [3.8, 4) is 5.75 Å². The molecular weight excluding hydrogens is 217 g/mol. The molecule has 0 aliphatic heterocycles. The van der Waals surface area contributed by atoms with Gasteiger partial charge in [0, 0.05) is 12.5 Å². The van der Waals surface area contributed by atoms with Crippen LogP contribution in [0.25, 0.3) is 0 Å². The highest BCUT2D eigenvalue weighted by molar-refractivity contribution is 5.32. The Hall–Kier alpha value is -1.09. The van der Waals surface area contributed by atoms with Gasteiger partial charge in [-0.1, -0.05) is 13.8 Å². The molecule has 1 atom stereocenters. The van der Waals surface area contributed by atoms with Gasteiger partial charge in [-0.25, -0.2) is 4.39 Å². The summed E-state index contributed by atoms with van der Waals surface area (Å²) in [6, 6.07) is 4.62. The summed E-state index contributed by atoms with van der Waals surface area (Å²) in [6.07, 6.45) is 1.14. The first kappa shape index (κ1) is 14.0. The molecule has 0 bridgehead atoms. The first-order chi connectivity index (χ1) is 8.13. The van der Waals surface area contributed by atoms with Crippen LogP contribution in [-0.2, 0) is 0 Å². The van der Waals surface area contributed by atoms with Crippen LogP contribution in [0.3, 0.4) is 0 Å². The van der Waals surface area contributed by atoms with E-state index in [2.05, 4.69) is 19.2 Å². The molecule has 17 heavy (non-hydrogen) atoms. The zero-order valence-electron chi connectivity index (χ0n) is 10.9.